The minimum atomic E-state index is -0.0202. The monoisotopic (exact) mass is 211 g/mol. The van der Waals surface area contributed by atoms with Crippen LogP contribution in [0.25, 0.3) is 0 Å². The van der Waals surface area contributed by atoms with Gasteiger partial charge in [0.15, 0.2) is 0 Å². The molecule has 0 unspecified atom stereocenters. The number of amides is 1. The number of hydrogen-bond acceptors (Lipinski definition) is 1. The van der Waals surface area contributed by atoms with Crippen molar-refractivity contribution in [2.75, 3.05) is 12.4 Å². The first-order valence-corrected chi connectivity index (χ1v) is 5.19. The molecule has 1 rings (SSSR count). The second-order valence-electron chi connectivity index (χ2n) is 3.11. The first kappa shape index (κ1) is 11.1. The summed E-state index contributed by atoms with van der Waals surface area (Å²) in [5.74, 6) is 0.557. The van der Waals surface area contributed by atoms with Gasteiger partial charge in [-0.2, -0.15) is 0 Å². The molecule has 0 radical (unpaired) electrons. The smallest absolute Gasteiger partial charge is 0.251 e. The van der Waals surface area contributed by atoms with Gasteiger partial charge in [0, 0.05) is 18.0 Å². The van der Waals surface area contributed by atoms with Gasteiger partial charge in [-0.15, -0.1) is 11.6 Å². The van der Waals surface area contributed by atoms with Crippen molar-refractivity contribution in [3.05, 3.63) is 35.4 Å². The Morgan fingerprint density at radius 1 is 1.43 bits per heavy atom. The van der Waals surface area contributed by atoms with E-state index >= 15 is 0 Å². The van der Waals surface area contributed by atoms with Crippen molar-refractivity contribution >= 4 is 17.5 Å². The van der Waals surface area contributed by atoms with E-state index < -0.39 is 0 Å². The minimum Gasteiger partial charge on any atom is -0.352 e. The third kappa shape index (κ3) is 3.04. The molecule has 76 valence electrons. The average molecular weight is 212 g/mol. The molecule has 0 fully saturated rings. The molecule has 0 heterocycles. The number of aryl methyl sites for hydroxylation is 1. The van der Waals surface area contributed by atoms with Crippen molar-refractivity contribution in [2.24, 2.45) is 0 Å². The summed E-state index contributed by atoms with van der Waals surface area (Å²) in [6.45, 7) is 2.56. The predicted molar refractivity (Wildman–Crippen MR) is 58.8 cm³/mol. The van der Waals surface area contributed by atoms with Crippen LogP contribution < -0.4 is 5.32 Å². The average Bonchev–Trinajstić information content (AvgIpc) is 2.18. The zero-order valence-corrected chi connectivity index (χ0v) is 8.97. The Bertz CT molecular complexity index is 312. The normalized spacial score (nSPS) is 9.86. The molecule has 1 amide bonds. The maximum absolute atomic E-state index is 11.6. The second-order valence-corrected chi connectivity index (χ2v) is 3.49. The van der Waals surface area contributed by atoms with Gasteiger partial charge in [0.05, 0.1) is 0 Å². The van der Waals surface area contributed by atoms with E-state index in [2.05, 4.69) is 5.32 Å². The molecule has 0 aliphatic heterocycles. The van der Waals surface area contributed by atoms with Gasteiger partial charge >= 0.3 is 0 Å². The van der Waals surface area contributed by atoms with Gasteiger partial charge < -0.3 is 5.32 Å². The number of carbonyl (C=O) groups excluding carboxylic acids is 1. The lowest BCUT2D eigenvalue weighted by atomic mass is 10.1. The SMILES string of the molecule is Cc1ccccc1C(=O)NCCCCl. The van der Waals surface area contributed by atoms with Crippen molar-refractivity contribution in [2.45, 2.75) is 13.3 Å². The summed E-state index contributed by atoms with van der Waals surface area (Å²) in [5, 5.41) is 2.82. The number of nitrogens with one attached hydrogen (secondary N) is 1. The van der Waals surface area contributed by atoms with Gasteiger partial charge in [0.1, 0.15) is 0 Å². The third-order valence-electron chi connectivity index (χ3n) is 1.99. The molecule has 0 saturated heterocycles. The minimum absolute atomic E-state index is 0.0202. The fraction of sp³-hybridized carbons (Fsp3) is 0.364. The lowest BCUT2D eigenvalue weighted by Crippen LogP contribution is -2.25. The summed E-state index contributed by atoms with van der Waals surface area (Å²) in [4.78, 5) is 11.6. The Morgan fingerprint density at radius 3 is 2.79 bits per heavy atom. The maximum Gasteiger partial charge on any atom is 0.251 e. The molecule has 1 aromatic rings. The van der Waals surface area contributed by atoms with Crippen LogP contribution in [0.4, 0.5) is 0 Å². The van der Waals surface area contributed by atoms with Gasteiger partial charge in [0.2, 0.25) is 0 Å². The molecule has 0 bridgehead atoms. The van der Waals surface area contributed by atoms with Crippen molar-refractivity contribution in [3.8, 4) is 0 Å². The van der Waals surface area contributed by atoms with Crippen molar-refractivity contribution < 1.29 is 4.79 Å². The predicted octanol–water partition coefficient (Wildman–Crippen LogP) is 2.35. The summed E-state index contributed by atoms with van der Waals surface area (Å²) >= 11 is 5.51. The Labute approximate surface area is 89.3 Å². The standard InChI is InChI=1S/C11H14ClNO/c1-9-5-2-3-6-10(9)11(14)13-8-4-7-12/h2-3,5-6H,4,7-8H2,1H3,(H,13,14). The number of alkyl halides is 1. The number of benzene rings is 1. The van der Waals surface area contributed by atoms with Gasteiger partial charge in [-0.1, -0.05) is 18.2 Å². The first-order chi connectivity index (χ1) is 6.75. The van der Waals surface area contributed by atoms with Crippen LogP contribution in [0.5, 0.6) is 0 Å². The van der Waals surface area contributed by atoms with Crippen LogP contribution in [0.15, 0.2) is 24.3 Å². The number of rotatable bonds is 4. The molecule has 0 saturated carbocycles. The van der Waals surface area contributed by atoms with E-state index in [1.807, 2.05) is 31.2 Å². The molecule has 1 N–H and O–H groups in total. The summed E-state index contributed by atoms with van der Waals surface area (Å²) in [6, 6.07) is 7.54. The van der Waals surface area contributed by atoms with Crippen LogP contribution in [0.2, 0.25) is 0 Å². The molecule has 2 nitrogen and oxygen atoms in total. The molecule has 0 spiro atoms. The lowest BCUT2D eigenvalue weighted by Gasteiger charge is -2.05. The zero-order valence-electron chi connectivity index (χ0n) is 8.22. The molecule has 0 atom stereocenters. The van der Waals surface area contributed by atoms with E-state index in [9.17, 15) is 4.79 Å². The fourth-order valence-corrected chi connectivity index (χ4v) is 1.33. The van der Waals surface area contributed by atoms with Crippen LogP contribution in [0.3, 0.4) is 0 Å². The van der Waals surface area contributed by atoms with E-state index in [4.69, 9.17) is 11.6 Å². The quantitative estimate of drug-likeness (QED) is 0.601. The highest BCUT2D eigenvalue weighted by Gasteiger charge is 2.06. The van der Waals surface area contributed by atoms with E-state index in [1.165, 1.54) is 0 Å². The van der Waals surface area contributed by atoms with E-state index in [-0.39, 0.29) is 5.91 Å². The molecular weight excluding hydrogens is 198 g/mol. The van der Waals surface area contributed by atoms with Crippen LogP contribution in [-0.2, 0) is 0 Å². The van der Waals surface area contributed by atoms with Gasteiger partial charge in [0.25, 0.3) is 5.91 Å². The highest BCUT2D eigenvalue weighted by Crippen LogP contribution is 2.06. The van der Waals surface area contributed by atoms with Crippen LogP contribution >= 0.6 is 11.6 Å². The Morgan fingerprint density at radius 2 is 2.14 bits per heavy atom. The molecule has 14 heavy (non-hydrogen) atoms. The van der Waals surface area contributed by atoms with Crippen molar-refractivity contribution in [1.29, 1.82) is 0 Å². The van der Waals surface area contributed by atoms with Crippen LogP contribution in [0, 0.1) is 6.92 Å². The maximum atomic E-state index is 11.6. The first-order valence-electron chi connectivity index (χ1n) is 4.65. The summed E-state index contributed by atoms with van der Waals surface area (Å²) < 4.78 is 0. The lowest BCUT2D eigenvalue weighted by molar-refractivity contribution is 0.0953. The highest BCUT2D eigenvalue weighted by atomic mass is 35.5. The van der Waals surface area contributed by atoms with Crippen molar-refractivity contribution in [1.82, 2.24) is 5.32 Å². The van der Waals surface area contributed by atoms with E-state index in [0.29, 0.717) is 12.4 Å². The Hall–Kier alpha value is -1.02. The molecule has 1 aromatic carbocycles. The zero-order chi connectivity index (χ0) is 10.4. The molecular formula is C11H14ClNO. The van der Waals surface area contributed by atoms with E-state index in [1.54, 1.807) is 0 Å². The molecule has 0 aliphatic carbocycles. The van der Waals surface area contributed by atoms with Gasteiger partial charge in [-0.3, -0.25) is 4.79 Å². The molecule has 0 aliphatic rings. The van der Waals surface area contributed by atoms with Crippen molar-refractivity contribution in [3.63, 3.8) is 0 Å². The van der Waals surface area contributed by atoms with Gasteiger partial charge in [-0.25, -0.2) is 0 Å². The Kier molecular flexibility index (Phi) is 4.47. The van der Waals surface area contributed by atoms with Crippen LogP contribution in [-0.4, -0.2) is 18.3 Å². The second kappa shape index (κ2) is 5.66. The van der Waals surface area contributed by atoms with Crippen LogP contribution in [0.1, 0.15) is 22.3 Å². The molecule has 0 aromatic heterocycles. The number of hydrogen-bond donors (Lipinski definition) is 1. The highest BCUT2D eigenvalue weighted by molar-refractivity contribution is 6.17. The fourth-order valence-electron chi connectivity index (χ4n) is 1.19. The number of carbonyl (C=O) groups is 1. The summed E-state index contributed by atoms with van der Waals surface area (Å²) in [6.07, 6.45) is 0.805. The third-order valence-corrected chi connectivity index (χ3v) is 2.25. The molecule has 3 heteroatoms. The summed E-state index contributed by atoms with van der Waals surface area (Å²) in [7, 11) is 0. The largest absolute Gasteiger partial charge is 0.352 e. The number of halogens is 1. The van der Waals surface area contributed by atoms with Gasteiger partial charge in [-0.05, 0) is 25.0 Å². The topological polar surface area (TPSA) is 29.1 Å². The summed E-state index contributed by atoms with van der Waals surface area (Å²) in [5.41, 5.74) is 1.73. The Balaban J connectivity index is 2.56. The van der Waals surface area contributed by atoms with E-state index in [0.717, 1.165) is 17.5 Å².